The first-order chi connectivity index (χ1) is 17.8. The number of hydrogen-bond donors (Lipinski definition) is 3. The second kappa shape index (κ2) is 11.9. The van der Waals surface area contributed by atoms with Gasteiger partial charge in [-0.15, -0.1) is 0 Å². The van der Waals surface area contributed by atoms with Crippen LogP contribution in [0.5, 0.6) is 5.75 Å². The van der Waals surface area contributed by atoms with Crippen LogP contribution in [0.1, 0.15) is 33.9 Å². The average molecular weight is 558 g/mol. The van der Waals surface area contributed by atoms with E-state index in [1.54, 1.807) is 32.0 Å². The lowest BCUT2D eigenvalue weighted by Gasteiger charge is -2.30. The molecule has 14 heteroatoms. The number of aromatic nitrogens is 2. The molecule has 1 aliphatic rings. The molecule has 210 valence electrons. The van der Waals surface area contributed by atoms with Crippen LogP contribution in [-0.2, 0) is 23.4 Å². The Morgan fingerprint density at radius 2 is 1.92 bits per heavy atom. The third-order valence-corrected chi connectivity index (χ3v) is 8.02. The molecule has 0 amide bonds. The highest BCUT2D eigenvalue weighted by Crippen LogP contribution is 2.53. The predicted molar refractivity (Wildman–Crippen MR) is 134 cm³/mol. The maximum Gasteiger partial charge on any atom is 0.380 e. The van der Waals surface area contributed by atoms with E-state index >= 15 is 0 Å². The molecule has 1 fully saturated rings. The van der Waals surface area contributed by atoms with E-state index in [0.29, 0.717) is 0 Å². The molecule has 2 unspecified atom stereocenters. The lowest BCUT2D eigenvalue weighted by atomic mass is 9.93. The van der Waals surface area contributed by atoms with E-state index in [2.05, 4.69) is 4.98 Å². The number of aliphatic hydroxyl groups excluding tert-OH is 1. The molecule has 1 aromatic heterocycles. The summed E-state index contributed by atoms with van der Waals surface area (Å²) in [5, 5.41) is 21.8. The van der Waals surface area contributed by atoms with E-state index in [0.717, 1.165) is 10.8 Å². The van der Waals surface area contributed by atoms with Crippen molar-refractivity contribution in [3.05, 3.63) is 53.1 Å². The molecule has 2 heterocycles. The standard InChI is InChI=1S/C24H33FN3O9P/c1-14(2)34-21(30)15(3)12-38(33,37-17-8-6-5-7-9-17)36-16(4)19-20(29)24(32,13-25)22(35-19)28-11-10-18(26)27-23(28)31/h5-11,14-16,19-20,22,29,32H,12-13H2,1-4H3,(H2,26,27,31)/t15-,16+,19-,20+,22-,24?,38?/m1/s1. The molecule has 4 N–H and O–H groups in total. The normalized spacial score (nSPS) is 26.5. The summed E-state index contributed by atoms with van der Waals surface area (Å²) in [6, 6.07) is 9.33. The summed E-state index contributed by atoms with van der Waals surface area (Å²) in [4.78, 5) is 28.3. The fraction of sp³-hybridized carbons (Fsp3) is 0.542. The van der Waals surface area contributed by atoms with Gasteiger partial charge in [0, 0.05) is 6.20 Å². The highest BCUT2D eigenvalue weighted by Gasteiger charge is 2.59. The number of benzene rings is 1. The predicted octanol–water partition coefficient (Wildman–Crippen LogP) is 2.05. The Bertz CT molecular complexity index is 1210. The third-order valence-electron chi connectivity index (χ3n) is 5.88. The van der Waals surface area contributed by atoms with E-state index in [4.69, 9.17) is 24.3 Å². The Balaban J connectivity index is 1.88. The van der Waals surface area contributed by atoms with Crippen LogP contribution in [0.25, 0.3) is 0 Å². The summed E-state index contributed by atoms with van der Waals surface area (Å²) in [6.45, 7) is 4.73. The van der Waals surface area contributed by atoms with Crippen LogP contribution in [0.15, 0.2) is 47.4 Å². The number of alkyl halides is 1. The Hall–Kier alpha value is -2.83. The maximum atomic E-state index is 14.1. The number of carbonyl (C=O) groups is 1. The van der Waals surface area contributed by atoms with Crippen molar-refractivity contribution in [2.75, 3.05) is 18.6 Å². The Morgan fingerprint density at radius 3 is 2.50 bits per heavy atom. The quantitative estimate of drug-likeness (QED) is 0.273. The SMILES string of the molecule is CC(C)OC(=O)[C@H](C)CP(=O)(Oc1ccccc1)O[C@@H](C)[C@H]1O[C@@H](n2ccc(N)nc2=O)C(O)(CF)[C@H]1O. The van der Waals surface area contributed by atoms with Crippen molar-refractivity contribution in [1.29, 1.82) is 0 Å². The van der Waals surface area contributed by atoms with Crippen LogP contribution < -0.4 is 15.9 Å². The van der Waals surface area contributed by atoms with Gasteiger partial charge in [0.25, 0.3) is 0 Å². The average Bonchev–Trinajstić information content (AvgIpc) is 3.10. The number of nitrogen functional groups attached to an aromatic ring is 1. The maximum absolute atomic E-state index is 14.1. The highest BCUT2D eigenvalue weighted by molar-refractivity contribution is 7.54. The summed E-state index contributed by atoms with van der Waals surface area (Å²) < 4.78 is 51.2. The van der Waals surface area contributed by atoms with Gasteiger partial charge in [0.1, 0.15) is 30.4 Å². The van der Waals surface area contributed by atoms with E-state index < -0.39 is 74.3 Å². The summed E-state index contributed by atoms with van der Waals surface area (Å²) >= 11 is 0. The molecule has 0 radical (unpaired) electrons. The van der Waals surface area contributed by atoms with Gasteiger partial charge >= 0.3 is 19.3 Å². The first-order valence-corrected chi connectivity index (χ1v) is 13.7. The van der Waals surface area contributed by atoms with Gasteiger partial charge in [0.2, 0.25) is 0 Å². The lowest BCUT2D eigenvalue weighted by Crippen LogP contribution is -2.51. The van der Waals surface area contributed by atoms with Crippen LogP contribution in [0, 0.1) is 5.92 Å². The van der Waals surface area contributed by atoms with E-state index in [1.165, 1.54) is 32.0 Å². The summed E-state index contributed by atoms with van der Waals surface area (Å²) in [7, 11) is -4.15. The van der Waals surface area contributed by atoms with Crippen molar-refractivity contribution in [1.82, 2.24) is 9.55 Å². The second-order valence-corrected chi connectivity index (χ2v) is 11.4. The van der Waals surface area contributed by atoms with Gasteiger partial charge in [0.15, 0.2) is 11.8 Å². The van der Waals surface area contributed by atoms with Crippen molar-refractivity contribution in [3.63, 3.8) is 0 Å². The number of aliphatic hydroxyl groups is 2. The summed E-state index contributed by atoms with van der Waals surface area (Å²) in [6.07, 6.45) is -5.99. The molecule has 0 aliphatic carbocycles. The number of nitrogens with two attached hydrogens (primary N) is 1. The summed E-state index contributed by atoms with van der Waals surface area (Å²) in [5.74, 6) is -1.43. The zero-order chi connectivity index (χ0) is 28.3. The Labute approximate surface area is 219 Å². The van der Waals surface area contributed by atoms with Gasteiger partial charge < -0.3 is 29.9 Å². The minimum atomic E-state index is -4.15. The van der Waals surface area contributed by atoms with Crippen LogP contribution >= 0.6 is 7.60 Å². The van der Waals surface area contributed by atoms with Crippen molar-refractivity contribution < 1.29 is 42.5 Å². The molecule has 3 rings (SSSR count). The molecular formula is C24H33FN3O9P. The topological polar surface area (TPSA) is 172 Å². The van der Waals surface area contributed by atoms with Crippen LogP contribution in [0.2, 0.25) is 0 Å². The fourth-order valence-electron chi connectivity index (χ4n) is 4.01. The Morgan fingerprint density at radius 1 is 1.26 bits per heavy atom. The molecule has 0 bridgehead atoms. The molecule has 2 aromatic rings. The number of nitrogens with zero attached hydrogens (tertiary/aromatic N) is 2. The van der Waals surface area contributed by atoms with E-state index in [1.807, 2.05) is 0 Å². The molecular weight excluding hydrogens is 524 g/mol. The first kappa shape index (κ1) is 29.7. The lowest BCUT2D eigenvalue weighted by molar-refractivity contribution is -0.151. The monoisotopic (exact) mass is 557 g/mol. The van der Waals surface area contributed by atoms with E-state index in [9.17, 15) is 28.8 Å². The van der Waals surface area contributed by atoms with Crippen LogP contribution in [0.3, 0.4) is 0 Å². The number of hydrogen-bond acceptors (Lipinski definition) is 11. The van der Waals surface area contributed by atoms with Gasteiger partial charge in [-0.25, -0.2) is 13.8 Å². The first-order valence-electron chi connectivity index (χ1n) is 12.0. The highest BCUT2D eigenvalue weighted by atomic mass is 31.2. The third kappa shape index (κ3) is 6.59. The minimum absolute atomic E-state index is 0.106. The van der Waals surface area contributed by atoms with E-state index in [-0.39, 0.29) is 11.6 Å². The van der Waals surface area contributed by atoms with Gasteiger partial charge in [-0.3, -0.25) is 13.9 Å². The second-order valence-electron chi connectivity index (χ2n) is 9.46. The number of rotatable bonds is 11. The molecule has 0 spiro atoms. The molecule has 38 heavy (non-hydrogen) atoms. The molecule has 1 saturated heterocycles. The summed E-state index contributed by atoms with van der Waals surface area (Å²) in [5.41, 5.74) is 1.99. The number of ether oxygens (including phenoxy) is 2. The smallest absolute Gasteiger partial charge is 0.380 e. The van der Waals surface area contributed by atoms with Crippen molar-refractivity contribution in [2.24, 2.45) is 5.92 Å². The molecule has 1 aliphatic heterocycles. The molecule has 1 aromatic carbocycles. The molecule has 7 atom stereocenters. The number of esters is 1. The number of para-hydroxylation sites is 1. The number of halogens is 1. The van der Waals surface area contributed by atoms with Crippen molar-refractivity contribution in [3.8, 4) is 5.75 Å². The molecule has 12 nitrogen and oxygen atoms in total. The van der Waals surface area contributed by atoms with Crippen LogP contribution in [0.4, 0.5) is 10.2 Å². The zero-order valence-electron chi connectivity index (χ0n) is 21.5. The number of carbonyl (C=O) groups excluding carboxylic acids is 1. The van der Waals surface area contributed by atoms with Gasteiger partial charge in [-0.1, -0.05) is 25.1 Å². The molecule has 0 saturated carbocycles. The van der Waals surface area contributed by atoms with Crippen molar-refractivity contribution >= 4 is 19.4 Å². The fourth-order valence-corrected chi connectivity index (χ4v) is 6.10. The van der Waals surface area contributed by atoms with Crippen molar-refractivity contribution in [2.45, 2.75) is 63.9 Å². The van der Waals surface area contributed by atoms with Gasteiger partial charge in [-0.05, 0) is 39.0 Å². The largest absolute Gasteiger partial charge is 0.463 e. The minimum Gasteiger partial charge on any atom is -0.463 e. The van der Waals surface area contributed by atoms with Gasteiger partial charge in [0.05, 0.1) is 24.3 Å². The Kier molecular flexibility index (Phi) is 9.32. The number of anilines is 1. The zero-order valence-corrected chi connectivity index (χ0v) is 22.4. The van der Waals surface area contributed by atoms with Crippen LogP contribution in [-0.4, -0.2) is 68.6 Å². The van der Waals surface area contributed by atoms with Gasteiger partial charge in [-0.2, -0.15) is 4.98 Å².